The number of rotatable bonds is 3. The molecule has 0 aliphatic rings. The Bertz CT molecular complexity index is 604. The van der Waals surface area contributed by atoms with Gasteiger partial charge in [-0.1, -0.05) is 12.2 Å². The number of nitrogens with zero attached hydrogens (tertiary/aromatic N) is 1. The van der Waals surface area contributed by atoms with Gasteiger partial charge in [-0.2, -0.15) is 0 Å². The molecule has 2 rings (SSSR count). The summed E-state index contributed by atoms with van der Waals surface area (Å²) in [7, 11) is 0. The summed E-state index contributed by atoms with van der Waals surface area (Å²) in [6, 6.07) is 5.96. The van der Waals surface area contributed by atoms with Crippen molar-refractivity contribution in [1.82, 2.24) is 4.98 Å². The summed E-state index contributed by atoms with van der Waals surface area (Å²) in [6.45, 7) is 0. The average Bonchev–Trinajstić information content (AvgIpc) is 2.34. The van der Waals surface area contributed by atoms with Gasteiger partial charge in [-0.05, 0) is 18.2 Å². The second-order valence-corrected chi connectivity index (χ2v) is 3.86. The van der Waals surface area contributed by atoms with Crippen molar-refractivity contribution in [3.05, 3.63) is 53.7 Å². The number of ether oxygens (including phenoxy) is 1. The number of halogens is 2. The SMILES string of the molecule is NC(=S)c1ccnc(Oc2cc(F)ccc2F)c1. The van der Waals surface area contributed by atoms with Gasteiger partial charge in [0.25, 0.3) is 0 Å². The van der Waals surface area contributed by atoms with E-state index < -0.39 is 11.6 Å². The van der Waals surface area contributed by atoms with E-state index in [9.17, 15) is 8.78 Å². The molecule has 0 aliphatic heterocycles. The van der Waals surface area contributed by atoms with Crippen molar-refractivity contribution < 1.29 is 13.5 Å². The van der Waals surface area contributed by atoms with Crippen LogP contribution in [0.4, 0.5) is 8.78 Å². The van der Waals surface area contributed by atoms with Gasteiger partial charge < -0.3 is 10.5 Å². The van der Waals surface area contributed by atoms with E-state index in [-0.39, 0.29) is 16.6 Å². The molecule has 3 nitrogen and oxygen atoms in total. The molecular formula is C12H8F2N2OS. The van der Waals surface area contributed by atoms with Crippen LogP contribution in [0.1, 0.15) is 5.56 Å². The van der Waals surface area contributed by atoms with E-state index in [4.69, 9.17) is 22.7 Å². The molecular weight excluding hydrogens is 258 g/mol. The van der Waals surface area contributed by atoms with Crippen molar-refractivity contribution in [2.75, 3.05) is 0 Å². The predicted octanol–water partition coefficient (Wildman–Crippen LogP) is 2.79. The van der Waals surface area contributed by atoms with Crippen LogP contribution in [-0.4, -0.2) is 9.97 Å². The molecule has 2 aromatic rings. The van der Waals surface area contributed by atoms with Crippen LogP contribution < -0.4 is 10.5 Å². The number of pyridine rings is 1. The Kier molecular flexibility index (Phi) is 3.47. The quantitative estimate of drug-likeness (QED) is 0.868. The Morgan fingerprint density at radius 1 is 1.22 bits per heavy atom. The molecule has 0 atom stereocenters. The van der Waals surface area contributed by atoms with E-state index in [1.54, 1.807) is 6.07 Å². The van der Waals surface area contributed by atoms with Crippen molar-refractivity contribution in [2.24, 2.45) is 5.73 Å². The molecule has 92 valence electrons. The van der Waals surface area contributed by atoms with Crippen LogP contribution in [0.5, 0.6) is 11.6 Å². The van der Waals surface area contributed by atoms with Crippen LogP contribution in [0.25, 0.3) is 0 Å². The van der Waals surface area contributed by atoms with E-state index in [1.807, 2.05) is 0 Å². The van der Waals surface area contributed by atoms with Crippen molar-refractivity contribution >= 4 is 17.2 Å². The van der Waals surface area contributed by atoms with Gasteiger partial charge >= 0.3 is 0 Å². The van der Waals surface area contributed by atoms with Gasteiger partial charge in [0, 0.05) is 23.9 Å². The molecule has 0 saturated carbocycles. The predicted molar refractivity (Wildman–Crippen MR) is 66.6 cm³/mol. The first-order valence-corrected chi connectivity index (χ1v) is 5.36. The third-order valence-electron chi connectivity index (χ3n) is 2.13. The van der Waals surface area contributed by atoms with Gasteiger partial charge in [-0.25, -0.2) is 13.8 Å². The van der Waals surface area contributed by atoms with E-state index >= 15 is 0 Å². The third-order valence-corrected chi connectivity index (χ3v) is 2.36. The highest BCUT2D eigenvalue weighted by Crippen LogP contribution is 2.24. The Morgan fingerprint density at radius 3 is 2.72 bits per heavy atom. The highest BCUT2D eigenvalue weighted by molar-refractivity contribution is 7.80. The summed E-state index contributed by atoms with van der Waals surface area (Å²) in [5.74, 6) is -1.44. The lowest BCUT2D eigenvalue weighted by molar-refractivity contribution is 0.422. The van der Waals surface area contributed by atoms with E-state index in [1.165, 1.54) is 12.3 Å². The van der Waals surface area contributed by atoms with Crippen LogP contribution in [0.3, 0.4) is 0 Å². The molecule has 18 heavy (non-hydrogen) atoms. The third kappa shape index (κ3) is 2.78. The van der Waals surface area contributed by atoms with Gasteiger partial charge in [0.2, 0.25) is 5.88 Å². The van der Waals surface area contributed by atoms with Crippen LogP contribution in [-0.2, 0) is 0 Å². The monoisotopic (exact) mass is 266 g/mol. The molecule has 1 heterocycles. The van der Waals surface area contributed by atoms with E-state index in [2.05, 4.69) is 4.98 Å². The molecule has 1 aromatic heterocycles. The maximum atomic E-state index is 13.3. The minimum atomic E-state index is -0.682. The fourth-order valence-electron chi connectivity index (χ4n) is 1.29. The highest BCUT2D eigenvalue weighted by Gasteiger charge is 2.08. The Balaban J connectivity index is 2.31. The number of nitrogens with two attached hydrogens (primary N) is 1. The van der Waals surface area contributed by atoms with Gasteiger partial charge in [-0.3, -0.25) is 0 Å². The second kappa shape index (κ2) is 5.05. The first kappa shape index (κ1) is 12.4. The fraction of sp³-hybridized carbons (Fsp3) is 0. The summed E-state index contributed by atoms with van der Waals surface area (Å²) in [5, 5.41) is 0. The molecule has 0 bridgehead atoms. The Hall–Kier alpha value is -2.08. The zero-order chi connectivity index (χ0) is 13.1. The lowest BCUT2D eigenvalue weighted by atomic mass is 10.2. The smallest absolute Gasteiger partial charge is 0.220 e. The van der Waals surface area contributed by atoms with E-state index in [0.29, 0.717) is 5.56 Å². The molecule has 1 aromatic carbocycles. The molecule has 0 aliphatic carbocycles. The number of hydrogen-bond donors (Lipinski definition) is 1. The van der Waals surface area contributed by atoms with Gasteiger partial charge in [0.1, 0.15) is 10.8 Å². The average molecular weight is 266 g/mol. The number of hydrogen-bond acceptors (Lipinski definition) is 3. The molecule has 0 radical (unpaired) electrons. The molecule has 0 amide bonds. The summed E-state index contributed by atoms with van der Waals surface area (Å²) in [4.78, 5) is 4.03. The fourth-order valence-corrected chi connectivity index (χ4v) is 1.41. The lowest BCUT2D eigenvalue weighted by Gasteiger charge is -2.06. The molecule has 2 N–H and O–H groups in total. The maximum Gasteiger partial charge on any atom is 0.220 e. The Labute approximate surface area is 107 Å². The molecule has 0 fully saturated rings. The zero-order valence-electron chi connectivity index (χ0n) is 9.06. The summed E-state index contributed by atoms with van der Waals surface area (Å²) in [5.41, 5.74) is 5.98. The van der Waals surface area contributed by atoms with Crippen molar-refractivity contribution in [2.45, 2.75) is 0 Å². The zero-order valence-corrected chi connectivity index (χ0v) is 9.88. The van der Waals surface area contributed by atoms with Gasteiger partial charge in [0.15, 0.2) is 11.6 Å². The summed E-state index contributed by atoms with van der Waals surface area (Å²) < 4.78 is 31.4. The summed E-state index contributed by atoms with van der Waals surface area (Å²) >= 11 is 4.79. The number of aromatic nitrogens is 1. The first-order valence-electron chi connectivity index (χ1n) is 4.95. The van der Waals surface area contributed by atoms with Crippen molar-refractivity contribution in [3.8, 4) is 11.6 Å². The largest absolute Gasteiger partial charge is 0.436 e. The standard InChI is InChI=1S/C12H8F2N2OS/c13-8-1-2-9(14)10(6-8)17-11-5-7(12(15)18)3-4-16-11/h1-6H,(H2,15,18). The molecule has 6 heteroatoms. The van der Waals surface area contributed by atoms with Crippen molar-refractivity contribution in [3.63, 3.8) is 0 Å². The lowest BCUT2D eigenvalue weighted by Crippen LogP contribution is -2.09. The van der Waals surface area contributed by atoms with Crippen molar-refractivity contribution in [1.29, 1.82) is 0 Å². The molecule has 0 spiro atoms. The normalized spacial score (nSPS) is 10.1. The van der Waals surface area contributed by atoms with Gasteiger partial charge in [0.05, 0.1) is 0 Å². The number of benzene rings is 1. The second-order valence-electron chi connectivity index (χ2n) is 3.42. The van der Waals surface area contributed by atoms with Gasteiger partial charge in [-0.15, -0.1) is 0 Å². The van der Waals surface area contributed by atoms with E-state index in [0.717, 1.165) is 18.2 Å². The van der Waals surface area contributed by atoms with Crippen LogP contribution in [0, 0.1) is 11.6 Å². The summed E-state index contributed by atoms with van der Waals surface area (Å²) in [6.07, 6.45) is 1.42. The topological polar surface area (TPSA) is 48.1 Å². The van der Waals surface area contributed by atoms with Crippen LogP contribution in [0.2, 0.25) is 0 Å². The van der Waals surface area contributed by atoms with Crippen LogP contribution >= 0.6 is 12.2 Å². The molecule has 0 unspecified atom stereocenters. The number of thiocarbonyl (C=S) groups is 1. The highest BCUT2D eigenvalue weighted by atomic mass is 32.1. The Morgan fingerprint density at radius 2 is 2.00 bits per heavy atom. The van der Waals surface area contributed by atoms with Crippen LogP contribution in [0.15, 0.2) is 36.5 Å². The maximum absolute atomic E-state index is 13.3. The minimum Gasteiger partial charge on any atom is -0.436 e. The molecule has 0 saturated heterocycles. The minimum absolute atomic E-state index is 0.0878. The first-order chi connectivity index (χ1) is 8.56.